The molecule has 0 rings (SSSR count). The zero-order valence-electron chi connectivity index (χ0n) is 9.02. The zero-order valence-corrected chi connectivity index (χ0v) is 9.02. The van der Waals surface area contributed by atoms with E-state index in [0.717, 1.165) is 12.7 Å². The number of carbonyl (C=O) groups excluding carboxylic acids is 1. The Balaban J connectivity index is 4.08. The average Bonchev–Trinajstić information content (AvgIpc) is 2.19. The fourth-order valence-electron chi connectivity index (χ4n) is 1.37. The Morgan fingerprint density at radius 3 is 2.57 bits per heavy atom. The van der Waals surface area contributed by atoms with Gasteiger partial charge in [0.15, 0.2) is 0 Å². The summed E-state index contributed by atoms with van der Waals surface area (Å²) in [5.74, 6) is -0.122. The van der Waals surface area contributed by atoms with Crippen molar-refractivity contribution in [2.75, 3.05) is 0 Å². The zero-order chi connectivity index (χ0) is 11.0. The van der Waals surface area contributed by atoms with Crippen molar-refractivity contribution < 1.29 is 9.90 Å². The van der Waals surface area contributed by atoms with Gasteiger partial charge in [0.1, 0.15) is 6.29 Å². The Hall–Kier alpha value is -0.890. The molecule has 0 aliphatic rings. The van der Waals surface area contributed by atoms with E-state index in [1.165, 1.54) is 0 Å². The van der Waals surface area contributed by atoms with Gasteiger partial charge < -0.3 is 9.90 Å². The van der Waals surface area contributed by atoms with Crippen LogP contribution in [0, 0.1) is 11.8 Å². The first-order chi connectivity index (χ1) is 6.67. The minimum atomic E-state index is -0.535. The molecular formula is C12H20O2. The van der Waals surface area contributed by atoms with Crippen LogP contribution in [0.25, 0.3) is 0 Å². The molecule has 0 saturated carbocycles. The molecule has 2 nitrogen and oxygen atoms in total. The van der Waals surface area contributed by atoms with Gasteiger partial charge >= 0.3 is 0 Å². The molecule has 0 aromatic heterocycles. The minimum absolute atomic E-state index is 0.112. The summed E-state index contributed by atoms with van der Waals surface area (Å²) in [6.07, 6.45) is 7.29. The number of aliphatic hydroxyl groups is 1. The molecule has 80 valence electrons. The molecule has 0 spiro atoms. The third-order valence-electron chi connectivity index (χ3n) is 2.45. The Bertz CT molecular complexity index is 196. The number of allylic oxidation sites excluding steroid dienone is 3. The van der Waals surface area contributed by atoms with Crippen LogP contribution >= 0.6 is 0 Å². The van der Waals surface area contributed by atoms with Crippen molar-refractivity contribution in [3.63, 3.8) is 0 Å². The lowest BCUT2D eigenvalue weighted by Gasteiger charge is -2.21. The molecule has 3 atom stereocenters. The van der Waals surface area contributed by atoms with E-state index in [0.29, 0.717) is 6.42 Å². The Labute approximate surface area is 86.3 Å². The normalized spacial score (nSPS) is 17.6. The fourth-order valence-corrected chi connectivity index (χ4v) is 1.37. The summed E-state index contributed by atoms with van der Waals surface area (Å²) < 4.78 is 0. The first-order valence-electron chi connectivity index (χ1n) is 5.08. The van der Waals surface area contributed by atoms with Gasteiger partial charge in [0, 0.05) is 5.92 Å². The summed E-state index contributed by atoms with van der Waals surface area (Å²) in [5, 5.41) is 9.79. The van der Waals surface area contributed by atoms with Crippen LogP contribution in [0.2, 0.25) is 0 Å². The van der Waals surface area contributed by atoms with Crippen LogP contribution in [-0.2, 0) is 4.79 Å². The molecule has 0 aliphatic heterocycles. The highest BCUT2D eigenvalue weighted by Crippen LogP contribution is 2.17. The van der Waals surface area contributed by atoms with Crippen molar-refractivity contribution >= 4 is 6.29 Å². The number of aliphatic hydroxyl groups excluding tert-OH is 1. The van der Waals surface area contributed by atoms with E-state index in [-0.39, 0.29) is 11.8 Å². The molecule has 0 heterocycles. The van der Waals surface area contributed by atoms with E-state index < -0.39 is 6.10 Å². The van der Waals surface area contributed by atoms with Crippen LogP contribution in [0.4, 0.5) is 0 Å². The van der Waals surface area contributed by atoms with Crippen molar-refractivity contribution in [1.29, 1.82) is 0 Å². The maximum Gasteiger partial charge on any atom is 0.125 e. The van der Waals surface area contributed by atoms with E-state index in [2.05, 4.69) is 6.58 Å². The lowest BCUT2D eigenvalue weighted by molar-refractivity contribution is -0.115. The average molecular weight is 196 g/mol. The van der Waals surface area contributed by atoms with Crippen LogP contribution in [0.3, 0.4) is 0 Å². The minimum Gasteiger partial charge on any atom is -0.392 e. The van der Waals surface area contributed by atoms with Gasteiger partial charge in [-0.1, -0.05) is 38.7 Å². The summed E-state index contributed by atoms with van der Waals surface area (Å²) in [7, 11) is 0. The van der Waals surface area contributed by atoms with Gasteiger partial charge in [0.05, 0.1) is 6.10 Å². The van der Waals surface area contributed by atoms with Crippen molar-refractivity contribution in [1.82, 2.24) is 0 Å². The molecule has 2 heteroatoms. The van der Waals surface area contributed by atoms with Gasteiger partial charge in [0.2, 0.25) is 0 Å². The van der Waals surface area contributed by atoms with E-state index in [1.54, 1.807) is 6.08 Å². The maximum absolute atomic E-state index is 10.6. The van der Waals surface area contributed by atoms with Gasteiger partial charge in [-0.25, -0.2) is 0 Å². The predicted octanol–water partition coefficient (Wildman–Crippen LogP) is 2.34. The molecular weight excluding hydrogens is 176 g/mol. The molecule has 0 saturated heterocycles. The summed E-state index contributed by atoms with van der Waals surface area (Å²) in [4.78, 5) is 10.6. The number of rotatable bonds is 7. The molecule has 0 aliphatic carbocycles. The van der Waals surface area contributed by atoms with Crippen LogP contribution in [0.1, 0.15) is 26.7 Å². The summed E-state index contributed by atoms with van der Waals surface area (Å²) in [6, 6.07) is 0. The molecule has 0 aromatic carbocycles. The number of hydrogen-bond donors (Lipinski definition) is 1. The second-order valence-electron chi connectivity index (χ2n) is 3.58. The second-order valence-corrected chi connectivity index (χ2v) is 3.58. The fraction of sp³-hybridized carbons (Fsp3) is 0.583. The molecule has 0 fully saturated rings. The predicted molar refractivity (Wildman–Crippen MR) is 59.0 cm³/mol. The summed E-state index contributed by atoms with van der Waals surface area (Å²) in [5.41, 5.74) is 0. The van der Waals surface area contributed by atoms with Gasteiger partial charge in [-0.2, -0.15) is 0 Å². The van der Waals surface area contributed by atoms with Gasteiger partial charge in [-0.05, 0) is 18.8 Å². The molecule has 0 bridgehead atoms. The quantitative estimate of drug-likeness (QED) is 0.501. The van der Waals surface area contributed by atoms with Crippen LogP contribution in [-0.4, -0.2) is 17.5 Å². The van der Waals surface area contributed by atoms with E-state index >= 15 is 0 Å². The lowest BCUT2D eigenvalue weighted by Crippen LogP contribution is -2.27. The summed E-state index contributed by atoms with van der Waals surface area (Å²) in [6.45, 7) is 7.42. The maximum atomic E-state index is 10.6. The summed E-state index contributed by atoms with van der Waals surface area (Å²) >= 11 is 0. The Morgan fingerprint density at radius 2 is 2.14 bits per heavy atom. The highest BCUT2D eigenvalue weighted by Gasteiger charge is 2.21. The number of carbonyl (C=O) groups is 1. The van der Waals surface area contributed by atoms with Crippen LogP contribution < -0.4 is 0 Å². The van der Waals surface area contributed by atoms with Gasteiger partial charge in [-0.3, -0.25) is 0 Å². The monoisotopic (exact) mass is 196 g/mol. The number of hydrogen-bond acceptors (Lipinski definition) is 2. The molecule has 3 unspecified atom stereocenters. The highest BCUT2D eigenvalue weighted by molar-refractivity contribution is 5.54. The third kappa shape index (κ3) is 4.38. The first kappa shape index (κ1) is 13.1. The van der Waals surface area contributed by atoms with Crippen LogP contribution in [0.15, 0.2) is 24.8 Å². The molecule has 14 heavy (non-hydrogen) atoms. The molecule has 0 amide bonds. The van der Waals surface area contributed by atoms with Crippen LogP contribution in [0.5, 0.6) is 0 Å². The smallest absolute Gasteiger partial charge is 0.125 e. The number of aldehydes is 1. The Morgan fingerprint density at radius 1 is 1.50 bits per heavy atom. The first-order valence-corrected chi connectivity index (χ1v) is 5.08. The lowest BCUT2D eigenvalue weighted by atomic mass is 9.89. The van der Waals surface area contributed by atoms with Crippen molar-refractivity contribution in [3.05, 3.63) is 24.8 Å². The van der Waals surface area contributed by atoms with E-state index in [4.69, 9.17) is 0 Å². The van der Waals surface area contributed by atoms with Gasteiger partial charge in [0.25, 0.3) is 0 Å². The Kier molecular flexibility index (Phi) is 7.03. The van der Waals surface area contributed by atoms with Crippen molar-refractivity contribution in [2.24, 2.45) is 11.8 Å². The van der Waals surface area contributed by atoms with Crippen molar-refractivity contribution in [2.45, 2.75) is 32.8 Å². The van der Waals surface area contributed by atoms with Crippen molar-refractivity contribution in [3.8, 4) is 0 Å². The largest absolute Gasteiger partial charge is 0.392 e. The standard InChI is InChI=1S/C12H20O2/c1-4-6-7-8-10(3)12(14)11(5-2)9-13/h4,6-7,9-12,14H,1,5,8H2,2-3H3/b7-6+. The molecule has 0 radical (unpaired) electrons. The second kappa shape index (κ2) is 7.51. The van der Waals surface area contributed by atoms with E-state index in [9.17, 15) is 9.90 Å². The van der Waals surface area contributed by atoms with E-state index in [1.807, 2.05) is 26.0 Å². The van der Waals surface area contributed by atoms with Gasteiger partial charge in [-0.15, -0.1) is 0 Å². The molecule has 0 aromatic rings. The third-order valence-corrected chi connectivity index (χ3v) is 2.45. The highest BCUT2D eigenvalue weighted by atomic mass is 16.3. The topological polar surface area (TPSA) is 37.3 Å². The molecule has 1 N–H and O–H groups in total. The SMILES string of the molecule is C=C/C=C/CC(C)C(O)C(C=O)CC.